The average Bonchev–Trinajstić information content (AvgIpc) is 3.42. The molecule has 1 aliphatic heterocycles. The van der Waals surface area contributed by atoms with Crippen molar-refractivity contribution >= 4 is 27.5 Å². The normalized spacial score (nSPS) is 16.9. The fraction of sp³-hybridized carbons (Fsp3) is 0.294. The van der Waals surface area contributed by atoms with Crippen molar-refractivity contribution in [1.29, 1.82) is 0 Å². The number of nitrogens with zero attached hydrogens (tertiary/aromatic N) is 2. The van der Waals surface area contributed by atoms with E-state index in [-0.39, 0.29) is 36.8 Å². The summed E-state index contributed by atoms with van der Waals surface area (Å²) in [4.78, 5) is 33.7. The van der Waals surface area contributed by atoms with E-state index in [1.54, 1.807) is 12.1 Å². The van der Waals surface area contributed by atoms with Crippen LogP contribution in [0.3, 0.4) is 0 Å². The van der Waals surface area contributed by atoms with Crippen LogP contribution in [0.2, 0.25) is 0 Å². The second-order valence-electron chi connectivity index (χ2n) is 6.16. The molecule has 12 nitrogen and oxygen atoms in total. The van der Waals surface area contributed by atoms with Crippen LogP contribution >= 0.6 is 0 Å². The molecule has 160 valence electrons. The molecule has 30 heavy (non-hydrogen) atoms. The van der Waals surface area contributed by atoms with Gasteiger partial charge in [0.05, 0.1) is 35.8 Å². The summed E-state index contributed by atoms with van der Waals surface area (Å²) in [5.41, 5.74) is -0.240. The van der Waals surface area contributed by atoms with Gasteiger partial charge in [0.25, 0.3) is 5.69 Å². The number of sulfonamides is 1. The number of rotatable bonds is 7. The summed E-state index contributed by atoms with van der Waals surface area (Å²) in [7, 11) is -4.02. The number of amides is 2. The Morgan fingerprint density at radius 3 is 2.50 bits per heavy atom. The highest BCUT2D eigenvalue weighted by Gasteiger charge is 2.36. The Labute approximate surface area is 171 Å². The van der Waals surface area contributed by atoms with Gasteiger partial charge in [-0.25, -0.2) is 8.42 Å². The van der Waals surface area contributed by atoms with Crippen molar-refractivity contribution in [2.24, 2.45) is 0 Å². The molecule has 2 N–H and O–H groups in total. The molecule has 13 heteroatoms. The summed E-state index contributed by atoms with van der Waals surface area (Å²) < 4.78 is 37.1. The first-order valence-electron chi connectivity index (χ1n) is 8.75. The van der Waals surface area contributed by atoms with Crippen molar-refractivity contribution < 1.29 is 32.1 Å². The number of furan rings is 1. The monoisotopic (exact) mass is 438 g/mol. The molecule has 2 amide bonds. The molecular formula is C17H18N4O8S. The van der Waals surface area contributed by atoms with Gasteiger partial charge in [0.2, 0.25) is 10.0 Å². The van der Waals surface area contributed by atoms with Crippen molar-refractivity contribution in [2.45, 2.75) is 17.7 Å². The standard InChI is InChI=1S/C17H18N4O8S/c22-16(18-10-13-2-1-8-28-13)17(23)19-11-15-20(7-9-29-15)30(26,27)14-5-3-12(4-6-14)21(24)25/h1-6,8,15H,7,9-11H2,(H,18,22)(H,19,23)/t15-/m0/s1. The number of benzene rings is 1. The van der Waals surface area contributed by atoms with Gasteiger partial charge in [-0.1, -0.05) is 0 Å². The molecule has 0 radical (unpaired) electrons. The Balaban J connectivity index is 1.58. The molecule has 1 saturated heterocycles. The second kappa shape index (κ2) is 9.02. The highest BCUT2D eigenvalue weighted by atomic mass is 32.2. The Hall–Kier alpha value is -3.29. The number of nitro benzene ring substituents is 1. The number of carbonyl (C=O) groups excluding carboxylic acids is 2. The molecule has 1 atom stereocenters. The van der Waals surface area contributed by atoms with E-state index in [1.807, 2.05) is 0 Å². The zero-order valence-electron chi connectivity index (χ0n) is 15.5. The molecule has 1 aromatic heterocycles. The number of ether oxygens (including phenoxy) is 1. The lowest BCUT2D eigenvalue weighted by molar-refractivity contribution is -0.384. The van der Waals surface area contributed by atoms with E-state index >= 15 is 0 Å². The van der Waals surface area contributed by atoms with Crippen LogP contribution in [0.15, 0.2) is 52.0 Å². The van der Waals surface area contributed by atoms with Crippen LogP contribution in [0.1, 0.15) is 5.76 Å². The molecule has 0 spiro atoms. The largest absolute Gasteiger partial charge is 0.467 e. The molecule has 2 heterocycles. The molecule has 3 rings (SSSR count). The first-order chi connectivity index (χ1) is 14.3. The number of hydrogen-bond acceptors (Lipinski definition) is 8. The van der Waals surface area contributed by atoms with Crippen LogP contribution in [0.25, 0.3) is 0 Å². The summed E-state index contributed by atoms with van der Waals surface area (Å²) in [6.45, 7) is -0.0962. The van der Waals surface area contributed by atoms with E-state index in [0.29, 0.717) is 5.76 Å². The zero-order chi connectivity index (χ0) is 21.7. The molecule has 0 saturated carbocycles. The van der Waals surface area contributed by atoms with Gasteiger partial charge in [0.15, 0.2) is 0 Å². The predicted octanol–water partition coefficient (Wildman–Crippen LogP) is -0.0326. The fourth-order valence-corrected chi connectivity index (χ4v) is 4.25. The van der Waals surface area contributed by atoms with Crippen LogP contribution in [0.5, 0.6) is 0 Å². The van der Waals surface area contributed by atoms with Gasteiger partial charge in [-0.05, 0) is 24.3 Å². The summed E-state index contributed by atoms with van der Waals surface area (Å²) in [6, 6.07) is 7.70. The van der Waals surface area contributed by atoms with Crippen LogP contribution in [0, 0.1) is 10.1 Å². The number of nitro groups is 1. The lowest BCUT2D eigenvalue weighted by Gasteiger charge is -2.22. The number of nitrogens with one attached hydrogen (secondary N) is 2. The minimum Gasteiger partial charge on any atom is -0.467 e. The molecule has 1 fully saturated rings. The van der Waals surface area contributed by atoms with Gasteiger partial charge in [-0.2, -0.15) is 4.31 Å². The van der Waals surface area contributed by atoms with Crippen LogP contribution in [-0.4, -0.2) is 55.4 Å². The van der Waals surface area contributed by atoms with Gasteiger partial charge < -0.3 is 19.8 Å². The predicted molar refractivity (Wildman–Crippen MR) is 100 cm³/mol. The highest BCUT2D eigenvalue weighted by molar-refractivity contribution is 7.89. The van der Waals surface area contributed by atoms with Crippen molar-refractivity contribution in [2.75, 3.05) is 19.7 Å². The third kappa shape index (κ3) is 4.82. The summed E-state index contributed by atoms with van der Waals surface area (Å²) in [5.74, 6) is -1.39. The highest BCUT2D eigenvalue weighted by Crippen LogP contribution is 2.24. The summed E-state index contributed by atoms with van der Waals surface area (Å²) in [6.07, 6.45) is 0.408. The molecule has 0 bridgehead atoms. The fourth-order valence-electron chi connectivity index (χ4n) is 2.74. The molecule has 1 aromatic carbocycles. The minimum atomic E-state index is -4.02. The van der Waals surface area contributed by atoms with Crippen LogP contribution < -0.4 is 10.6 Å². The van der Waals surface area contributed by atoms with E-state index < -0.39 is 33.0 Å². The topological polar surface area (TPSA) is 161 Å². The molecule has 0 aliphatic carbocycles. The SMILES string of the molecule is O=C(NCc1ccco1)C(=O)NC[C@@H]1OCCN1S(=O)(=O)c1ccc([N+](=O)[O-])cc1. The quantitative estimate of drug-likeness (QED) is 0.346. The summed E-state index contributed by atoms with van der Waals surface area (Å²) in [5, 5.41) is 15.4. The zero-order valence-corrected chi connectivity index (χ0v) is 16.3. The van der Waals surface area contributed by atoms with Crippen molar-refractivity contribution in [3.05, 3.63) is 58.5 Å². The van der Waals surface area contributed by atoms with Crippen LogP contribution in [-0.2, 0) is 30.9 Å². The lowest BCUT2D eigenvalue weighted by atomic mass is 10.3. The maximum atomic E-state index is 12.8. The molecular weight excluding hydrogens is 420 g/mol. The molecule has 2 aromatic rings. The second-order valence-corrected chi connectivity index (χ2v) is 8.05. The number of carbonyl (C=O) groups is 2. The Morgan fingerprint density at radius 1 is 1.17 bits per heavy atom. The lowest BCUT2D eigenvalue weighted by Crippen LogP contribution is -2.47. The maximum Gasteiger partial charge on any atom is 0.309 e. The molecule has 1 aliphatic rings. The Kier molecular flexibility index (Phi) is 6.44. The van der Waals surface area contributed by atoms with Crippen LogP contribution in [0.4, 0.5) is 5.69 Å². The summed E-state index contributed by atoms with van der Waals surface area (Å²) >= 11 is 0. The van der Waals surface area contributed by atoms with Gasteiger partial charge in [-0.15, -0.1) is 0 Å². The Bertz CT molecular complexity index is 1020. The van der Waals surface area contributed by atoms with E-state index in [2.05, 4.69) is 10.6 Å². The van der Waals surface area contributed by atoms with Crippen molar-refractivity contribution in [3.8, 4) is 0 Å². The maximum absolute atomic E-state index is 12.8. The first-order valence-corrected chi connectivity index (χ1v) is 10.2. The van der Waals surface area contributed by atoms with E-state index in [9.17, 15) is 28.1 Å². The smallest absolute Gasteiger partial charge is 0.309 e. The first kappa shape index (κ1) is 21.4. The average molecular weight is 438 g/mol. The van der Waals surface area contributed by atoms with Crippen molar-refractivity contribution in [3.63, 3.8) is 0 Å². The third-order valence-corrected chi connectivity index (χ3v) is 6.15. The van der Waals surface area contributed by atoms with Gasteiger partial charge in [0, 0.05) is 18.7 Å². The third-order valence-electron chi connectivity index (χ3n) is 4.24. The number of hydrogen-bond donors (Lipinski definition) is 2. The van der Waals surface area contributed by atoms with E-state index in [0.717, 1.165) is 28.6 Å². The van der Waals surface area contributed by atoms with Gasteiger partial charge >= 0.3 is 11.8 Å². The van der Waals surface area contributed by atoms with E-state index in [1.165, 1.54) is 6.26 Å². The van der Waals surface area contributed by atoms with E-state index in [4.69, 9.17) is 9.15 Å². The van der Waals surface area contributed by atoms with Gasteiger partial charge in [0.1, 0.15) is 12.0 Å². The number of non-ortho nitro benzene ring substituents is 1. The molecule has 0 unspecified atom stereocenters. The van der Waals surface area contributed by atoms with Gasteiger partial charge in [-0.3, -0.25) is 19.7 Å². The van der Waals surface area contributed by atoms with Crippen molar-refractivity contribution in [1.82, 2.24) is 14.9 Å². The Morgan fingerprint density at radius 2 is 1.87 bits per heavy atom. The minimum absolute atomic E-state index is 0.0276.